The molecule has 0 spiro atoms. The van der Waals surface area contributed by atoms with Gasteiger partial charge in [0.05, 0.1) is 5.69 Å². The highest BCUT2D eigenvalue weighted by molar-refractivity contribution is 5.31. The second kappa shape index (κ2) is 3.84. The van der Waals surface area contributed by atoms with Crippen molar-refractivity contribution in [3.05, 3.63) is 17.5 Å². The van der Waals surface area contributed by atoms with Crippen LogP contribution in [0.1, 0.15) is 58.2 Å². The third-order valence-electron chi connectivity index (χ3n) is 3.83. The smallest absolute Gasteiger partial charge is 0.0713 e. The highest BCUT2D eigenvalue weighted by Gasteiger charge is 2.39. The van der Waals surface area contributed by atoms with E-state index in [2.05, 4.69) is 51.2 Å². The number of nitrogens with one attached hydrogen (secondary N) is 1. The molecule has 0 radical (unpaired) electrons. The topological polar surface area (TPSA) is 29.9 Å². The highest BCUT2D eigenvalue weighted by Crippen LogP contribution is 2.39. The number of aryl methyl sites for hydroxylation is 1. The summed E-state index contributed by atoms with van der Waals surface area (Å²) in [6.45, 7) is 12.4. The lowest BCUT2D eigenvalue weighted by atomic mass is 9.78. The zero-order chi connectivity index (χ0) is 12.8. The second-order valence-electron chi connectivity index (χ2n) is 6.85. The van der Waals surface area contributed by atoms with Crippen molar-refractivity contribution in [2.45, 2.75) is 57.9 Å². The largest absolute Gasteiger partial charge is 0.311 e. The van der Waals surface area contributed by atoms with Crippen LogP contribution in [0.2, 0.25) is 0 Å². The van der Waals surface area contributed by atoms with Gasteiger partial charge in [-0.15, -0.1) is 0 Å². The van der Waals surface area contributed by atoms with Gasteiger partial charge in [0.1, 0.15) is 0 Å². The summed E-state index contributed by atoms with van der Waals surface area (Å²) in [6.07, 6.45) is 3.42. The number of hydrogen-bond donors (Lipinski definition) is 1. The third kappa shape index (κ3) is 2.25. The van der Waals surface area contributed by atoms with Crippen molar-refractivity contribution >= 4 is 0 Å². The minimum Gasteiger partial charge on any atom is -0.311 e. The Morgan fingerprint density at radius 2 is 2.06 bits per heavy atom. The molecule has 0 saturated carbocycles. The van der Waals surface area contributed by atoms with Crippen LogP contribution in [0.4, 0.5) is 0 Å². The van der Waals surface area contributed by atoms with Gasteiger partial charge in [-0.05, 0) is 32.4 Å². The molecule has 1 atom stereocenters. The summed E-state index contributed by atoms with van der Waals surface area (Å²) < 4.78 is 1.96. The van der Waals surface area contributed by atoms with Crippen molar-refractivity contribution in [3.8, 4) is 0 Å². The standard InChI is InChI=1S/C14H25N3/c1-13(2,3)12-10(9-17(6)16-12)11-7-8-15-14(11,4)5/h9,11,15H,7-8H2,1-6H3. The average molecular weight is 235 g/mol. The van der Waals surface area contributed by atoms with E-state index in [4.69, 9.17) is 0 Å². The first-order valence-electron chi connectivity index (χ1n) is 6.51. The van der Waals surface area contributed by atoms with Crippen LogP contribution in [0.25, 0.3) is 0 Å². The van der Waals surface area contributed by atoms with Crippen molar-refractivity contribution in [2.75, 3.05) is 6.54 Å². The van der Waals surface area contributed by atoms with Crippen LogP contribution in [0.3, 0.4) is 0 Å². The molecule has 1 N–H and O–H groups in total. The highest BCUT2D eigenvalue weighted by atomic mass is 15.3. The zero-order valence-corrected chi connectivity index (χ0v) is 12.0. The van der Waals surface area contributed by atoms with Crippen LogP contribution in [-0.2, 0) is 12.5 Å². The molecule has 2 heterocycles. The van der Waals surface area contributed by atoms with Crippen molar-refractivity contribution in [1.29, 1.82) is 0 Å². The molecule has 1 unspecified atom stereocenters. The molecule has 1 aliphatic heterocycles. The number of rotatable bonds is 1. The van der Waals surface area contributed by atoms with Crippen molar-refractivity contribution < 1.29 is 0 Å². The van der Waals surface area contributed by atoms with Gasteiger partial charge in [-0.2, -0.15) is 5.10 Å². The van der Waals surface area contributed by atoms with Crippen LogP contribution in [0, 0.1) is 0 Å². The molecule has 0 aliphatic carbocycles. The Hall–Kier alpha value is -0.830. The Morgan fingerprint density at radius 1 is 1.41 bits per heavy atom. The predicted molar refractivity (Wildman–Crippen MR) is 71.3 cm³/mol. The van der Waals surface area contributed by atoms with E-state index < -0.39 is 0 Å². The molecule has 1 aliphatic rings. The molecule has 0 aromatic carbocycles. The Labute approximate surface area is 105 Å². The van der Waals surface area contributed by atoms with E-state index >= 15 is 0 Å². The molecule has 3 nitrogen and oxygen atoms in total. The minimum atomic E-state index is 0.120. The van der Waals surface area contributed by atoms with Gasteiger partial charge in [0.15, 0.2) is 0 Å². The molecule has 1 saturated heterocycles. The van der Waals surface area contributed by atoms with E-state index in [1.807, 2.05) is 11.7 Å². The molecule has 2 rings (SSSR count). The Bertz CT molecular complexity index is 410. The number of nitrogens with zero attached hydrogens (tertiary/aromatic N) is 2. The molecule has 1 aromatic rings. The van der Waals surface area contributed by atoms with E-state index in [0.717, 1.165) is 6.54 Å². The summed E-state index contributed by atoms with van der Waals surface area (Å²) in [6, 6.07) is 0. The molecule has 96 valence electrons. The van der Waals surface area contributed by atoms with Gasteiger partial charge in [0, 0.05) is 30.1 Å². The predicted octanol–water partition coefficient (Wildman–Crippen LogP) is 2.57. The monoisotopic (exact) mass is 235 g/mol. The summed E-state index contributed by atoms with van der Waals surface area (Å²) in [7, 11) is 2.02. The quantitative estimate of drug-likeness (QED) is 0.811. The molecular formula is C14H25N3. The summed E-state index contributed by atoms with van der Waals surface area (Å²) in [5.41, 5.74) is 2.98. The summed E-state index contributed by atoms with van der Waals surface area (Å²) in [5, 5.41) is 8.28. The van der Waals surface area contributed by atoms with Crippen LogP contribution in [-0.4, -0.2) is 21.9 Å². The maximum Gasteiger partial charge on any atom is 0.0713 e. The van der Waals surface area contributed by atoms with Gasteiger partial charge in [0.25, 0.3) is 0 Å². The Kier molecular flexibility index (Phi) is 2.85. The van der Waals surface area contributed by atoms with Gasteiger partial charge in [-0.1, -0.05) is 20.8 Å². The normalized spacial score (nSPS) is 24.2. The fourth-order valence-corrected chi connectivity index (χ4v) is 2.91. The van der Waals surface area contributed by atoms with Crippen molar-refractivity contribution in [2.24, 2.45) is 7.05 Å². The number of aromatic nitrogens is 2. The van der Waals surface area contributed by atoms with Gasteiger partial charge < -0.3 is 5.32 Å². The zero-order valence-electron chi connectivity index (χ0n) is 12.0. The fraction of sp³-hybridized carbons (Fsp3) is 0.786. The lowest BCUT2D eigenvalue weighted by molar-refractivity contribution is 0.404. The first-order valence-corrected chi connectivity index (χ1v) is 6.51. The van der Waals surface area contributed by atoms with Crippen LogP contribution in [0.5, 0.6) is 0 Å². The van der Waals surface area contributed by atoms with Crippen molar-refractivity contribution in [3.63, 3.8) is 0 Å². The second-order valence-corrected chi connectivity index (χ2v) is 6.85. The van der Waals surface area contributed by atoms with E-state index in [9.17, 15) is 0 Å². The summed E-state index contributed by atoms with van der Waals surface area (Å²) in [5.74, 6) is 0.574. The van der Waals surface area contributed by atoms with Crippen LogP contribution in [0.15, 0.2) is 6.20 Å². The van der Waals surface area contributed by atoms with E-state index in [0.29, 0.717) is 5.92 Å². The van der Waals surface area contributed by atoms with Gasteiger partial charge in [-0.3, -0.25) is 4.68 Å². The van der Waals surface area contributed by atoms with Gasteiger partial charge in [-0.25, -0.2) is 0 Å². The fourth-order valence-electron chi connectivity index (χ4n) is 2.91. The third-order valence-corrected chi connectivity index (χ3v) is 3.83. The minimum absolute atomic E-state index is 0.120. The van der Waals surface area contributed by atoms with Gasteiger partial charge >= 0.3 is 0 Å². The van der Waals surface area contributed by atoms with E-state index in [1.54, 1.807) is 0 Å². The first-order chi connectivity index (χ1) is 7.72. The molecule has 0 amide bonds. The lowest BCUT2D eigenvalue weighted by Crippen LogP contribution is -2.37. The molecular weight excluding hydrogens is 210 g/mol. The van der Waals surface area contributed by atoms with E-state index in [1.165, 1.54) is 17.7 Å². The SMILES string of the molecule is Cn1cc(C2CCNC2(C)C)c(C(C)(C)C)n1. The maximum absolute atomic E-state index is 4.68. The summed E-state index contributed by atoms with van der Waals surface area (Å²) in [4.78, 5) is 0. The maximum atomic E-state index is 4.68. The van der Waals surface area contributed by atoms with Crippen LogP contribution >= 0.6 is 0 Å². The average Bonchev–Trinajstić information content (AvgIpc) is 2.67. The van der Waals surface area contributed by atoms with Crippen molar-refractivity contribution in [1.82, 2.24) is 15.1 Å². The van der Waals surface area contributed by atoms with Crippen LogP contribution < -0.4 is 5.32 Å². The Morgan fingerprint density at radius 3 is 2.53 bits per heavy atom. The lowest BCUT2D eigenvalue weighted by Gasteiger charge is -2.29. The Balaban J connectivity index is 2.45. The van der Waals surface area contributed by atoms with Gasteiger partial charge in [0.2, 0.25) is 0 Å². The first kappa shape index (κ1) is 12.6. The molecule has 1 fully saturated rings. The molecule has 3 heteroatoms. The molecule has 17 heavy (non-hydrogen) atoms. The number of hydrogen-bond acceptors (Lipinski definition) is 2. The molecule has 1 aromatic heterocycles. The molecule has 0 bridgehead atoms. The van der Waals surface area contributed by atoms with E-state index in [-0.39, 0.29) is 11.0 Å². The summed E-state index contributed by atoms with van der Waals surface area (Å²) >= 11 is 0.